The average molecular weight is 229 g/mol. The number of alkyl halides is 2. The van der Waals surface area contributed by atoms with E-state index in [4.69, 9.17) is 0 Å². The van der Waals surface area contributed by atoms with Gasteiger partial charge in [0.15, 0.2) is 0 Å². The highest BCUT2D eigenvalue weighted by Crippen LogP contribution is 2.22. The molecular weight excluding hydrogens is 220 g/mol. The van der Waals surface area contributed by atoms with Crippen LogP contribution in [0.3, 0.4) is 0 Å². The number of hydrogen-bond donors (Lipinski definition) is 0. The Hall–Kier alpha value is 0.620. The van der Waals surface area contributed by atoms with Crippen LogP contribution in [0.4, 0.5) is 4.39 Å². The Morgan fingerprint density at radius 1 is 1.75 bits per heavy atom. The van der Waals surface area contributed by atoms with Crippen LogP contribution in [0.25, 0.3) is 0 Å². The molecule has 2 atom stereocenters. The normalized spacial score (nSPS) is 40.9. The maximum absolute atomic E-state index is 12.4. The van der Waals surface area contributed by atoms with E-state index in [1.54, 1.807) is 0 Å². The third-order valence-corrected chi connectivity index (χ3v) is 2.87. The molecule has 1 unspecified atom stereocenters. The zero-order valence-corrected chi connectivity index (χ0v) is 6.93. The number of rotatable bonds is 0. The van der Waals surface area contributed by atoms with Crippen molar-refractivity contribution >= 4 is 22.6 Å². The molecular formula is C5H9FIN. The third kappa shape index (κ3) is 1.31. The van der Waals surface area contributed by atoms with Crippen LogP contribution in [0.15, 0.2) is 0 Å². The molecule has 0 aromatic carbocycles. The lowest BCUT2D eigenvalue weighted by atomic mass is 10.3. The summed E-state index contributed by atoms with van der Waals surface area (Å²) in [5.41, 5.74) is 0. The van der Waals surface area contributed by atoms with E-state index >= 15 is 0 Å². The van der Waals surface area contributed by atoms with Crippen molar-refractivity contribution in [1.82, 2.24) is 4.90 Å². The Bertz CT molecular complexity index is 78.5. The van der Waals surface area contributed by atoms with Crippen molar-refractivity contribution in [2.45, 2.75) is 16.6 Å². The summed E-state index contributed by atoms with van der Waals surface area (Å²) in [6.07, 6.45) is 0.124. The lowest BCUT2D eigenvalue weighted by molar-refractivity contribution is 0.319. The molecule has 1 rings (SSSR count). The van der Waals surface area contributed by atoms with Gasteiger partial charge in [0.2, 0.25) is 0 Å². The van der Waals surface area contributed by atoms with Crippen molar-refractivity contribution in [1.29, 1.82) is 0 Å². The van der Waals surface area contributed by atoms with E-state index in [0.29, 0.717) is 17.0 Å². The Balaban J connectivity index is 2.39. The van der Waals surface area contributed by atoms with Crippen LogP contribution in [0.2, 0.25) is 0 Å². The first-order valence-electron chi connectivity index (χ1n) is 2.68. The molecule has 3 heteroatoms. The second kappa shape index (κ2) is 2.47. The predicted molar refractivity (Wildman–Crippen MR) is 40.0 cm³/mol. The summed E-state index contributed by atoms with van der Waals surface area (Å²) in [6.45, 7) is 0.619. The fraction of sp³-hybridized carbons (Fsp3) is 1.00. The van der Waals surface area contributed by atoms with Crippen molar-refractivity contribution in [3.05, 3.63) is 0 Å². The molecule has 1 aliphatic rings. The highest BCUT2D eigenvalue weighted by molar-refractivity contribution is 14.1. The van der Waals surface area contributed by atoms with E-state index in [9.17, 15) is 4.39 Å². The Kier molecular flexibility index (Phi) is 2.08. The zero-order valence-electron chi connectivity index (χ0n) is 4.77. The summed E-state index contributed by atoms with van der Waals surface area (Å²) in [7, 11) is 1.96. The van der Waals surface area contributed by atoms with Crippen LogP contribution in [0.1, 0.15) is 6.42 Å². The summed E-state index contributed by atoms with van der Waals surface area (Å²) in [5.74, 6) is 0. The minimum Gasteiger partial charge on any atom is -0.292 e. The van der Waals surface area contributed by atoms with Crippen LogP contribution >= 0.6 is 22.6 Å². The topological polar surface area (TPSA) is 3.24 Å². The molecule has 0 amide bonds. The summed E-state index contributed by atoms with van der Waals surface area (Å²) in [5, 5.41) is 0. The molecule has 0 aliphatic carbocycles. The minimum atomic E-state index is -0.582. The lowest BCUT2D eigenvalue weighted by Crippen LogP contribution is -2.19. The summed E-state index contributed by atoms with van der Waals surface area (Å²) in [4.78, 5) is 2.03. The number of halogens is 2. The maximum atomic E-state index is 12.4. The Morgan fingerprint density at radius 3 is 2.50 bits per heavy atom. The third-order valence-electron chi connectivity index (χ3n) is 1.41. The van der Waals surface area contributed by atoms with Crippen molar-refractivity contribution in [2.75, 3.05) is 13.6 Å². The quantitative estimate of drug-likeness (QED) is 0.345. The summed E-state index contributed by atoms with van der Waals surface area (Å²) in [6, 6.07) is 0. The fourth-order valence-electron chi connectivity index (χ4n) is 0.892. The second-order valence-corrected chi connectivity index (χ2v) is 3.64. The van der Waals surface area contributed by atoms with Gasteiger partial charge in [0, 0.05) is 13.0 Å². The predicted octanol–water partition coefficient (Wildman–Crippen LogP) is 1.42. The molecule has 1 fully saturated rings. The van der Waals surface area contributed by atoms with Gasteiger partial charge in [0.25, 0.3) is 0 Å². The van der Waals surface area contributed by atoms with E-state index in [-0.39, 0.29) is 0 Å². The van der Waals surface area contributed by atoms with E-state index in [1.165, 1.54) is 0 Å². The first-order valence-corrected chi connectivity index (χ1v) is 3.93. The van der Waals surface area contributed by atoms with Gasteiger partial charge in [-0.15, -0.1) is 0 Å². The zero-order chi connectivity index (χ0) is 6.15. The monoisotopic (exact) mass is 229 g/mol. The minimum absolute atomic E-state index is 0.419. The number of likely N-dealkylation sites (tertiary alicyclic amines) is 1. The molecule has 0 spiro atoms. The average Bonchev–Trinajstić information content (AvgIpc) is 1.85. The molecule has 0 radical (unpaired) electrons. The Labute approximate surface area is 62.4 Å². The van der Waals surface area contributed by atoms with Crippen LogP contribution < -0.4 is 0 Å². The molecule has 0 N–H and O–H groups in total. The van der Waals surface area contributed by atoms with Gasteiger partial charge >= 0.3 is 0 Å². The molecule has 1 heterocycles. The van der Waals surface area contributed by atoms with Gasteiger partial charge in [-0.25, -0.2) is 4.39 Å². The number of nitrogens with zero attached hydrogens (tertiary/aromatic N) is 1. The van der Waals surface area contributed by atoms with Crippen LogP contribution in [-0.2, 0) is 0 Å². The molecule has 1 saturated heterocycles. The van der Waals surface area contributed by atoms with Crippen molar-refractivity contribution in [2.24, 2.45) is 0 Å². The van der Waals surface area contributed by atoms with Gasteiger partial charge in [-0.3, -0.25) is 4.90 Å². The van der Waals surface area contributed by atoms with Crippen LogP contribution in [-0.4, -0.2) is 28.7 Å². The van der Waals surface area contributed by atoms with Crippen LogP contribution in [0, 0.1) is 0 Å². The first kappa shape index (κ1) is 6.74. The van der Waals surface area contributed by atoms with Gasteiger partial charge in [-0.05, 0) is 7.05 Å². The van der Waals surface area contributed by atoms with Gasteiger partial charge in [-0.1, -0.05) is 22.6 Å². The molecule has 0 saturated carbocycles. The molecule has 1 nitrogen and oxygen atoms in total. The SMILES string of the molecule is CN1C[C@@H](F)CC1I. The second-order valence-electron chi connectivity index (χ2n) is 2.21. The van der Waals surface area contributed by atoms with Crippen LogP contribution in [0.5, 0.6) is 0 Å². The smallest absolute Gasteiger partial charge is 0.115 e. The van der Waals surface area contributed by atoms with Gasteiger partial charge in [0.1, 0.15) is 6.17 Å². The molecule has 48 valence electrons. The molecule has 8 heavy (non-hydrogen) atoms. The van der Waals surface area contributed by atoms with E-state index in [1.807, 2.05) is 11.9 Å². The molecule has 1 aliphatic heterocycles. The molecule has 0 bridgehead atoms. The summed E-state index contributed by atoms with van der Waals surface area (Å²) < 4.78 is 12.8. The van der Waals surface area contributed by atoms with E-state index < -0.39 is 6.17 Å². The van der Waals surface area contributed by atoms with Gasteiger partial charge < -0.3 is 0 Å². The maximum Gasteiger partial charge on any atom is 0.115 e. The van der Waals surface area contributed by atoms with Crippen molar-refractivity contribution in [3.8, 4) is 0 Å². The molecule has 0 aromatic heterocycles. The standard InChI is InChI=1S/C5H9FIN/c1-8-3-4(6)2-5(8)7/h4-5H,2-3H2,1H3/t4-,5?/m0/s1. The summed E-state index contributed by atoms with van der Waals surface area (Å²) >= 11 is 2.26. The Morgan fingerprint density at radius 2 is 2.38 bits per heavy atom. The van der Waals surface area contributed by atoms with E-state index in [2.05, 4.69) is 22.6 Å². The first-order chi connectivity index (χ1) is 3.70. The van der Waals surface area contributed by atoms with Crippen molar-refractivity contribution in [3.63, 3.8) is 0 Å². The lowest BCUT2D eigenvalue weighted by Gasteiger charge is -2.09. The highest BCUT2D eigenvalue weighted by Gasteiger charge is 2.26. The fourth-order valence-corrected chi connectivity index (χ4v) is 1.67. The number of hydrogen-bond acceptors (Lipinski definition) is 1. The van der Waals surface area contributed by atoms with Gasteiger partial charge in [-0.2, -0.15) is 0 Å². The van der Waals surface area contributed by atoms with Gasteiger partial charge in [0.05, 0.1) is 4.05 Å². The molecule has 0 aromatic rings. The highest BCUT2D eigenvalue weighted by atomic mass is 127. The largest absolute Gasteiger partial charge is 0.292 e. The van der Waals surface area contributed by atoms with Crippen molar-refractivity contribution < 1.29 is 4.39 Å². The van der Waals surface area contributed by atoms with E-state index in [0.717, 1.165) is 0 Å².